The van der Waals surface area contributed by atoms with E-state index in [0.717, 1.165) is 17.3 Å². The fraction of sp³-hybridized carbons (Fsp3) is 0.300. The number of benzene rings is 2. The Labute approximate surface area is 185 Å². The minimum atomic E-state index is -4.20. The van der Waals surface area contributed by atoms with Gasteiger partial charge in [-0.25, -0.2) is 9.32 Å². The van der Waals surface area contributed by atoms with E-state index in [2.05, 4.69) is 0 Å². The Morgan fingerprint density at radius 1 is 1.17 bits per heavy atom. The quantitative estimate of drug-likeness (QED) is 0.586. The fourth-order valence-electron chi connectivity index (χ4n) is 2.83. The molecule has 1 fully saturated rings. The second-order valence-electron chi connectivity index (χ2n) is 6.41. The summed E-state index contributed by atoms with van der Waals surface area (Å²) in [6.07, 6.45) is -0.511. The molecule has 0 aliphatic carbocycles. The van der Waals surface area contributed by atoms with Gasteiger partial charge in [-0.2, -0.15) is 8.42 Å². The predicted molar refractivity (Wildman–Crippen MR) is 117 cm³/mol. The second kappa shape index (κ2) is 10.4. The van der Waals surface area contributed by atoms with Crippen LogP contribution in [0, 0.1) is 0 Å². The Kier molecular flexibility index (Phi) is 8.45. The van der Waals surface area contributed by atoms with Crippen LogP contribution in [0.3, 0.4) is 0 Å². The lowest BCUT2D eigenvalue weighted by molar-refractivity contribution is -0.121. The maximum Gasteiger partial charge on any atom is 0.333 e. The summed E-state index contributed by atoms with van der Waals surface area (Å²) in [4.78, 5) is 23.1. The van der Waals surface area contributed by atoms with E-state index in [1.807, 2.05) is 0 Å². The van der Waals surface area contributed by atoms with Gasteiger partial charge >= 0.3 is 10.3 Å². The number of halogens is 1. The van der Waals surface area contributed by atoms with E-state index in [-0.39, 0.29) is 36.6 Å². The standard InChI is InChI=1S/C19H18ClNO6S2.CH4/c20-14-3-1-2-13(9-14)17(27-29(21,24)25)11-26-15-6-4-12(5-7-15)8-18-16(22)10-19(23)28-18;/h1-7,9,17-18H,8,10-11H2,(H2,21,24,25);1H4. The molecule has 0 amide bonds. The average molecular weight is 472 g/mol. The number of ketones is 1. The van der Waals surface area contributed by atoms with E-state index in [0.29, 0.717) is 22.8 Å². The van der Waals surface area contributed by atoms with Crippen LogP contribution in [0.4, 0.5) is 0 Å². The highest BCUT2D eigenvalue weighted by Gasteiger charge is 2.31. The van der Waals surface area contributed by atoms with Gasteiger partial charge in [0.1, 0.15) is 18.5 Å². The van der Waals surface area contributed by atoms with Gasteiger partial charge in [0.15, 0.2) is 10.9 Å². The van der Waals surface area contributed by atoms with Gasteiger partial charge < -0.3 is 4.74 Å². The first-order valence-corrected chi connectivity index (χ1v) is 11.3. The van der Waals surface area contributed by atoms with Crippen LogP contribution in [0.2, 0.25) is 5.02 Å². The third-order valence-corrected chi connectivity index (χ3v) is 6.02. The van der Waals surface area contributed by atoms with E-state index < -0.39 is 16.4 Å². The zero-order valence-electron chi connectivity index (χ0n) is 15.1. The Morgan fingerprint density at radius 3 is 2.43 bits per heavy atom. The maximum absolute atomic E-state index is 11.8. The van der Waals surface area contributed by atoms with Crippen molar-refractivity contribution in [2.24, 2.45) is 5.14 Å². The van der Waals surface area contributed by atoms with Crippen LogP contribution in [-0.2, 0) is 30.5 Å². The van der Waals surface area contributed by atoms with Crippen LogP contribution >= 0.6 is 23.4 Å². The molecule has 0 saturated carbocycles. The lowest BCUT2D eigenvalue weighted by Crippen LogP contribution is -2.23. The van der Waals surface area contributed by atoms with Gasteiger partial charge in [-0.3, -0.25) is 9.59 Å². The Bertz CT molecular complexity index is 1010. The molecule has 7 nitrogen and oxygen atoms in total. The lowest BCUT2D eigenvalue weighted by atomic mass is 10.1. The summed E-state index contributed by atoms with van der Waals surface area (Å²) in [6, 6.07) is 13.5. The monoisotopic (exact) mass is 471 g/mol. The SMILES string of the molecule is C.NS(=O)(=O)OC(COc1ccc(CC2SC(=O)CC2=O)cc1)c1cccc(Cl)c1. The highest BCUT2D eigenvalue weighted by atomic mass is 35.5. The molecule has 0 radical (unpaired) electrons. The Morgan fingerprint density at radius 2 is 1.87 bits per heavy atom. The molecule has 2 unspecified atom stereocenters. The number of rotatable bonds is 8. The third kappa shape index (κ3) is 7.10. The molecule has 1 aliphatic rings. The van der Waals surface area contributed by atoms with Crippen molar-refractivity contribution in [2.75, 3.05) is 6.61 Å². The number of carbonyl (C=O) groups excluding carboxylic acids is 2. The highest BCUT2D eigenvalue weighted by Crippen LogP contribution is 2.29. The topological polar surface area (TPSA) is 113 Å². The summed E-state index contributed by atoms with van der Waals surface area (Å²) >= 11 is 7.04. The van der Waals surface area contributed by atoms with Crippen molar-refractivity contribution >= 4 is 44.6 Å². The normalized spacial score (nSPS) is 17.5. The molecule has 30 heavy (non-hydrogen) atoms. The molecule has 2 aromatic rings. The summed E-state index contributed by atoms with van der Waals surface area (Å²) in [7, 11) is -4.20. The van der Waals surface area contributed by atoms with Gasteiger partial charge in [-0.1, -0.05) is 55.1 Å². The molecular formula is C20H22ClNO6S2. The number of nitrogens with two attached hydrogens (primary N) is 1. The molecule has 2 N–H and O–H groups in total. The van der Waals surface area contributed by atoms with Gasteiger partial charge in [0, 0.05) is 5.02 Å². The molecule has 162 valence electrons. The van der Waals surface area contributed by atoms with E-state index in [1.165, 1.54) is 0 Å². The minimum absolute atomic E-state index is 0. The van der Waals surface area contributed by atoms with Crippen LogP contribution in [0.1, 0.15) is 31.1 Å². The number of carbonyl (C=O) groups is 2. The van der Waals surface area contributed by atoms with Crippen LogP contribution in [0.25, 0.3) is 0 Å². The number of Topliss-reactive ketones (excluding diaryl/α,β-unsaturated/α-hetero) is 1. The number of hydrogen-bond donors (Lipinski definition) is 1. The molecule has 0 spiro atoms. The van der Waals surface area contributed by atoms with Crippen molar-refractivity contribution in [1.29, 1.82) is 0 Å². The van der Waals surface area contributed by atoms with E-state index in [4.69, 9.17) is 25.7 Å². The van der Waals surface area contributed by atoms with E-state index >= 15 is 0 Å². The first-order valence-electron chi connectivity index (χ1n) is 8.60. The van der Waals surface area contributed by atoms with Crippen LogP contribution in [0.5, 0.6) is 5.75 Å². The fourth-order valence-corrected chi connectivity index (χ4v) is 4.56. The third-order valence-electron chi connectivity index (χ3n) is 4.17. The van der Waals surface area contributed by atoms with Gasteiger partial charge in [0.25, 0.3) is 0 Å². The first kappa shape index (κ1) is 24.4. The summed E-state index contributed by atoms with van der Waals surface area (Å²) in [6.45, 7) is -0.110. The Hall–Kier alpha value is -1.91. The molecule has 1 aliphatic heterocycles. The maximum atomic E-state index is 11.8. The molecule has 2 atom stereocenters. The molecule has 0 aromatic heterocycles. The van der Waals surface area contributed by atoms with Gasteiger partial charge in [0.2, 0.25) is 0 Å². The van der Waals surface area contributed by atoms with Crippen molar-refractivity contribution in [3.05, 3.63) is 64.7 Å². The van der Waals surface area contributed by atoms with Crippen LogP contribution < -0.4 is 9.88 Å². The minimum Gasteiger partial charge on any atom is -0.490 e. The van der Waals surface area contributed by atoms with Gasteiger partial charge in [-0.15, -0.1) is 0 Å². The van der Waals surface area contributed by atoms with Crippen molar-refractivity contribution < 1.29 is 26.9 Å². The second-order valence-corrected chi connectivity index (χ2v) is 9.29. The average Bonchev–Trinajstić information content (AvgIpc) is 2.96. The molecule has 3 rings (SSSR count). The van der Waals surface area contributed by atoms with Crippen molar-refractivity contribution in [3.8, 4) is 5.75 Å². The Balaban J connectivity index is 0.00000320. The van der Waals surface area contributed by atoms with E-state index in [1.54, 1.807) is 48.5 Å². The van der Waals surface area contributed by atoms with Crippen molar-refractivity contribution in [3.63, 3.8) is 0 Å². The first-order chi connectivity index (χ1) is 13.7. The molecule has 2 aromatic carbocycles. The number of ether oxygens (including phenoxy) is 1. The molecule has 0 bridgehead atoms. The van der Waals surface area contributed by atoms with Crippen LogP contribution in [-0.4, -0.2) is 31.2 Å². The van der Waals surface area contributed by atoms with Crippen molar-refractivity contribution in [1.82, 2.24) is 0 Å². The largest absolute Gasteiger partial charge is 0.490 e. The van der Waals surface area contributed by atoms with Gasteiger partial charge in [-0.05, 0) is 41.8 Å². The molecule has 1 saturated heterocycles. The number of hydrogen-bond acceptors (Lipinski definition) is 7. The summed E-state index contributed by atoms with van der Waals surface area (Å²) in [5, 5.41) is 4.99. The van der Waals surface area contributed by atoms with E-state index in [9.17, 15) is 18.0 Å². The lowest BCUT2D eigenvalue weighted by Gasteiger charge is -2.18. The van der Waals surface area contributed by atoms with Crippen LogP contribution in [0.15, 0.2) is 48.5 Å². The summed E-state index contributed by atoms with van der Waals surface area (Å²) in [5.41, 5.74) is 1.40. The van der Waals surface area contributed by atoms with Gasteiger partial charge in [0.05, 0.1) is 11.7 Å². The zero-order chi connectivity index (χ0) is 21.0. The predicted octanol–water partition coefficient (Wildman–Crippen LogP) is 3.46. The summed E-state index contributed by atoms with van der Waals surface area (Å²) < 4.78 is 33.4. The molecule has 1 heterocycles. The highest BCUT2D eigenvalue weighted by molar-refractivity contribution is 8.15. The zero-order valence-corrected chi connectivity index (χ0v) is 17.5. The number of thioether (sulfide) groups is 1. The summed E-state index contributed by atoms with van der Waals surface area (Å²) in [5.74, 6) is 0.435. The molecular weight excluding hydrogens is 450 g/mol. The smallest absolute Gasteiger partial charge is 0.333 e. The van der Waals surface area contributed by atoms with Crippen molar-refractivity contribution in [2.45, 2.75) is 31.6 Å². The molecule has 10 heteroatoms.